The number of aliphatic carboxylic acids is 1. The Labute approximate surface area is 101 Å². The van der Waals surface area contributed by atoms with Crippen LogP contribution >= 0.6 is 0 Å². The zero-order chi connectivity index (χ0) is 13.0. The van der Waals surface area contributed by atoms with E-state index in [4.69, 9.17) is 19.3 Å². The molecule has 3 aliphatic rings. The molecule has 7 heteroatoms. The van der Waals surface area contributed by atoms with Crippen molar-refractivity contribution in [2.24, 2.45) is 11.8 Å². The van der Waals surface area contributed by atoms with Crippen LogP contribution in [0.1, 0.15) is 0 Å². The van der Waals surface area contributed by atoms with Gasteiger partial charge in [0.2, 0.25) is 0 Å². The second-order valence-electron chi connectivity index (χ2n) is 4.46. The molecule has 0 amide bonds. The number of hydrogen-bond acceptors (Lipinski definition) is 6. The van der Waals surface area contributed by atoms with Gasteiger partial charge in [-0.15, -0.1) is 0 Å². The molecular weight excluding hydrogens is 244 g/mol. The molecule has 3 heterocycles. The molecule has 18 heavy (non-hydrogen) atoms. The Hall–Kier alpha value is -1.89. The maximum Gasteiger partial charge on any atom is 0.330 e. The zero-order valence-corrected chi connectivity index (χ0v) is 9.15. The highest BCUT2D eigenvalue weighted by molar-refractivity contribution is 5.86. The van der Waals surface area contributed by atoms with Crippen LogP contribution in [0.2, 0.25) is 0 Å². The van der Waals surface area contributed by atoms with Crippen molar-refractivity contribution in [3.05, 3.63) is 12.7 Å². The number of carboxylic acids is 1. The average molecular weight is 254 g/mol. The summed E-state index contributed by atoms with van der Waals surface area (Å²) in [6.45, 7) is 3.26. The third-order valence-corrected chi connectivity index (χ3v) is 3.61. The number of rotatable bonds is 3. The van der Waals surface area contributed by atoms with E-state index >= 15 is 0 Å². The summed E-state index contributed by atoms with van der Waals surface area (Å²) >= 11 is 0. The van der Waals surface area contributed by atoms with Crippen molar-refractivity contribution in [3.63, 3.8) is 0 Å². The highest BCUT2D eigenvalue weighted by Crippen LogP contribution is 2.51. The van der Waals surface area contributed by atoms with E-state index in [2.05, 4.69) is 6.58 Å². The molecule has 0 aromatic heterocycles. The van der Waals surface area contributed by atoms with Crippen molar-refractivity contribution in [3.8, 4) is 0 Å². The number of ether oxygens (including phenoxy) is 3. The van der Waals surface area contributed by atoms with Crippen molar-refractivity contribution in [2.45, 2.75) is 24.4 Å². The lowest BCUT2D eigenvalue weighted by atomic mass is 9.78. The first-order valence-corrected chi connectivity index (χ1v) is 5.46. The van der Waals surface area contributed by atoms with E-state index in [1.54, 1.807) is 0 Å². The fourth-order valence-electron chi connectivity index (χ4n) is 2.93. The van der Waals surface area contributed by atoms with Crippen molar-refractivity contribution in [1.29, 1.82) is 0 Å². The molecule has 6 atom stereocenters. The van der Waals surface area contributed by atoms with Crippen LogP contribution in [0.15, 0.2) is 12.7 Å². The van der Waals surface area contributed by atoms with E-state index in [9.17, 15) is 14.4 Å². The van der Waals surface area contributed by atoms with E-state index in [-0.39, 0.29) is 0 Å². The molecular formula is C11H10O7. The summed E-state index contributed by atoms with van der Waals surface area (Å²) in [6, 6.07) is 0. The van der Waals surface area contributed by atoms with Crippen LogP contribution < -0.4 is 0 Å². The molecule has 2 bridgehead atoms. The third kappa shape index (κ3) is 1.25. The lowest BCUT2D eigenvalue weighted by Crippen LogP contribution is -2.47. The smallest absolute Gasteiger partial charge is 0.330 e. The van der Waals surface area contributed by atoms with Crippen LogP contribution in [-0.2, 0) is 28.6 Å². The molecule has 0 aliphatic carbocycles. The first-order valence-electron chi connectivity index (χ1n) is 5.46. The maximum atomic E-state index is 11.6. The summed E-state index contributed by atoms with van der Waals surface area (Å²) in [7, 11) is 0. The molecule has 3 fully saturated rings. The summed E-state index contributed by atoms with van der Waals surface area (Å²) in [5.74, 6) is -4.26. The van der Waals surface area contributed by atoms with Gasteiger partial charge in [-0.2, -0.15) is 0 Å². The van der Waals surface area contributed by atoms with Crippen LogP contribution in [-0.4, -0.2) is 47.4 Å². The predicted molar refractivity (Wildman–Crippen MR) is 53.2 cm³/mol. The Morgan fingerprint density at radius 1 is 1.33 bits per heavy atom. The molecule has 3 aliphatic heterocycles. The normalized spacial score (nSPS) is 43.7. The zero-order valence-electron chi connectivity index (χ0n) is 9.15. The summed E-state index contributed by atoms with van der Waals surface area (Å²) in [5, 5.41) is 9.13. The van der Waals surface area contributed by atoms with E-state index in [0.29, 0.717) is 0 Å². The minimum atomic E-state index is -1.15. The Morgan fingerprint density at radius 2 is 2.06 bits per heavy atom. The number of carboxylic acid groups (broad SMARTS) is 1. The Kier molecular flexibility index (Phi) is 2.21. The van der Waals surface area contributed by atoms with Gasteiger partial charge in [-0.1, -0.05) is 6.58 Å². The average Bonchev–Trinajstić information content (AvgIpc) is 2.91. The lowest BCUT2D eigenvalue weighted by molar-refractivity contribution is -0.157. The van der Waals surface area contributed by atoms with Gasteiger partial charge in [0.25, 0.3) is 0 Å². The van der Waals surface area contributed by atoms with Crippen LogP contribution in [0.4, 0.5) is 0 Å². The first-order chi connectivity index (χ1) is 8.54. The highest BCUT2D eigenvalue weighted by atomic mass is 16.7. The molecule has 6 unspecified atom stereocenters. The number of fused-ring (bicyclic) bond motifs is 1. The van der Waals surface area contributed by atoms with Gasteiger partial charge in [0, 0.05) is 6.08 Å². The standard InChI is InChI=1S/C11H10O7/c1-2-3(12)16-8-6-4(10(13)14)5-7(17-6)9(8)18-11(5)15/h2,4-9H,1H2,(H,13,14). The Bertz CT molecular complexity index is 456. The van der Waals surface area contributed by atoms with E-state index < -0.39 is 54.2 Å². The summed E-state index contributed by atoms with van der Waals surface area (Å²) in [5.41, 5.74) is 0. The van der Waals surface area contributed by atoms with Gasteiger partial charge in [-0.05, 0) is 0 Å². The van der Waals surface area contributed by atoms with E-state index in [0.717, 1.165) is 6.08 Å². The largest absolute Gasteiger partial charge is 0.481 e. The van der Waals surface area contributed by atoms with Gasteiger partial charge < -0.3 is 19.3 Å². The maximum absolute atomic E-state index is 11.6. The fourth-order valence-corrected chi connectivity index (χ4v) is 2.93. The predicted octanol–water partition coefficient (Wildman–Crippen LogP) is -0.892. The topological polar surface area (TPSA) is 99.1 Å². The van der Waals surface area contributed by atoms with Gasteiger partial charge in [-0.25, -0.2) is 4.79 Å². The third-order valence-electron chi connectivity index (χ3n) is 3.61. The molecule has 96 valence electrons. The summed E-state index contributed by atoms with van der Waals surface area (Å²) in [4.78, 5) is 34.0. The van der Waals surface area contributed by atoms with Gasteiger partial charge in [-0.3, -0.25) is 9.59 Å². The molecule has 0 radical (unpaired) electrons. The summed E-state index contributed by atoms with van der Waals surface area (Å²) in [6.07, 6.45) is -2.07. The SMILES string of the molecule is C=CC(=O)OC1C2OC(=O)C3C2OC1C3C(=O)O. The number of esters is 2. The van der Waals surface area contributed by atoms with E-state index in [1.807, 2.05) is 0 Å². The quantitative estimate of drug-likeness (QED) is 0.515. The molecule has 7 nitrogen and oxygen atoms in total. The summed E-state index contributed by atoms with van der Waals surface area (Å²) < 4.78 is 15.5. The molecule has 0 saturated carbocycles. The van der Waals surface area contributed by atoms with Gasteiger partial charge in [0.1, 0.15) is 24.0 Å². The number of hydrogen-bond donors (Lipinski definition) is 1. The minimum Gasteiger partial charge on any atom is -0.481 e. The Balaban J connectivity index is 1.91. The second kappa shape index (κ2) is 3.55. The molecule has 0 spiro atoms. The van der Waals surface area contributed by atoms with Gasteiger partial charge >= 0.3 is 17.9 Å². The van der Waals surface area contributed by atoms with Crippen molar-refractivity contribution < 1.29 is 33.7 Å². The van der Waals surface area contributed by atoms with Crippen LogP contribution in [0.5, 0.6) is 0 Å². The molecule has 0 aromatic rings. The fraction of sp³-hybridized carbons (Fsp3) is 0.545. The molecule has 3 rings (SSSR count). The molecule has 3 saturated heterocycles. The monoisotopic (exact) mass is 254 g/mol. The van der Waals surface area contributed by atoms with Crippen molar-refractivity contribution >= 4 is 17.9 Å². The van der Waals surface area contributed by atoms with Crippen LogP contribution in [0, 0.1) is 11.8 Å². The number of carbonyl (C=O) groups excluding carboxylic acids is 2. The first kappa shape index (κ1) is 11.2. The van der Waals surface area contributed by atoms with Crippen molar-refractivity contribution in [1.82, 2.24) is 0 Å². The minimum absolute atomic E-state index is 0.600. The second-order valence-corrected chi connectivity index (χ2v) is 4.46. The number of carbonyl (C=O) groups is 3. The highest BCUT2D eigenvalue weighted by Gasteiger charge is 2.71. The van der Waals surface area contributed by atoms with Crippen molar-refractivity contribution in [2.75, 3.05) is 0 Å². The van der Waals surface area contributed by atoms with Gasteiger partial charge in [0.05, 0.1) is 0 Å². The van der Waals surface area contributed by atoms with Crippen LogP contribution in [0.25, 0.3) is 0 Å². The lowest BCUT2D eigenvalue weighted by Gasteiger charge is -2.25. The van der Waals surface area contributed by atoms with E-state index in [1.165, 1.54) is 0 Å². The Morgan fingerprint density at radius 3 is 2.67 bits per heavy atom. The molecule has 0 aromatic carbocycles. The molecule has 1 N–H and O–H groups in total. The van der Waals surface area contributed by atoms with Crippen LogP contribution in [0.3, 0.4) is 0 Å². The van der Waals surface area contributed by atoms with Gasteiger partial charge in [0.15, 0.2) is 12.2 Å².